The number of fused-ring (bicyclic) bond motifs is 2. The maximum atomic E-state index is 3.62. The van der Waals surface area contributed by atoms with Gasteiger partial charge >= 0.3 is 0 Å². The first kappa shape index (κ1) is 18.4. The van der Waals surface area contributed by atoms with Gasteiger partial charge in [-0.1, -0.05) is 66.7 Å². The van der Waals surface area contributed by atoms with Gasteiger partial charge in [-0.05, 0) is 112 Å². The molecule has 4 aromatic rings. The van der Waals surface area contributed by atoms with Crippen LogP contribution in [-0.4, -0.2) is 0 Å². The second-order valence-electron chi connectivity index (χ2n) is 11.3. The molecule has 0 radical (unpaired) electrons. The molecule has 4 aliphatic carbocycles. The highest BCUT2D eigenvalue weighted by Crippen LogP contribution is 2.84. The predicted octanol–water partition coefficient (Wildman–Crippen LogP) is 8.33. The van der Waals surface area contributed by atoms with Crippen molar-refractivity contribution in [2.75, 3.05) is 5.32 Å². The Labute approximate surface area is 195 Å². The van der Waals surface area contributed by atoms with Crippen molar-refractivity contribution in [2.45, 2.75) is 37.5 Å². The zero-order valence-corrected chi connectivity index (χ0v) is 18.9. The number of anilines is 2. The molecule has 4 aromatic carbocycles. The molecular formula is C32H29N. The van der Waals surface area contributed by atoms with Crippen molar-refractivity contribution in [1.82, 2.24) is 0 Å². The number of rotatable bonds is 4. The molecule has 1 heteroatoms. The molecule has 0 aromatic heterocycles. The van der Waals surface area contributed by atoms with Crippen molar-refractivity contribution >= 4 is 22.1 Å². The van der Waals surface area contributed by atoms with Crippen LogP contribution in [0.4, 0.5) is 11.4 Å². The van der Waals surface area contributed by atoms with Gasteiger partial charge in [0.05, 0.1) is 0 Å². The second-order valence-corrected chi connectivity index (χ2v) is 11.3. The minimum absolute atomic E-state index is 0.499. The Bertz CT molecular complexity index is 1360. The van der Waals surface area contributed by atoms with E-state index in [1.54, 1.807) is 5.56 Å². The van der Waals surface area contributed by atoms with Crippen LogP contribution in [0.15, 0.2) is 91.0 Å². The summed E-state index contributed by atoms with van der Waals surface area (Å²) in [5, 5.41) is 6.22. The van der Waals surface area contributed by atoms with Gasteiger partial charge in [0.15, 0.2) is 0 Å². The largest absolute Gasteiger partial charge is 0.356 e. The molecule has 33 heavy (non-hydrogen) atoms. The van der Waals surface area contributed by atoms with Gasteiger partial charge in [0.25, 0.3) is 0 Å². The fourth-order valence-corrected chi connectivity index (χ4v) is 8.70. The molecule has 2 atom stereocenters. The summed E-state index contributed by atoms with van der Waals surface area (Å²) < 4.78 is 0. The topological polar surface area (TPSA) is 12.0 Å². The van der Waals surface area contributed by atoms with E-state index in [9.17, 15) is 0 Å². The van der Waals surface area contributed by atoms with Crippen LogP contribution in [0.5, 0.6) is 0 Å². The lowest BCUT2D eigenvalue weighted by atomic mass is 9.38. The molecule has 162 valence electrons. The minimum atomic E-state index is 0.499. The van der Waals surface area contributed by atoms with Crippen LogP contribution in [-0.2, 0) is 5.41 Å². The quantitative estimate of drug-likeness (QED) is 0.345. The van der Waals surface area contributed by atoms with E-state index in [4.69, 9.17) is 0 Å². The molecule has 1 N–H and O–H groups in total. The molecule has 8 rings (SSSR count). The van der Waals surface area contributed by atoms with Crippen LogP contribution in [0.2, 0.25) is 0 Å². The zero-order chi connectivity index (χ0) is 21.6. The third-order valence-corrected chi connectivity index (χ3v) is 10.1. The van der Waals surface area contributed by atoms with E-state index in [1.807, 2.05) is 0 Å². The fourth-order valence-electron chi connectivity index (χ4n) is 8.70. The molecule has 0 heterocycles. The van der Waals surface area contributed by atoms with Crippen LogP contribution in [0.3, 0.4) is 0 Å². The fraction of sp³-hybridized carbons (Fsp3) is 0.312. The second kappa shape index (κ2) is 6.29. The van der Waals surface area contributed by atoms with Crippen molar-refractivity contribution in [1.29, 1.82) is 0 Å². The van der Waals surface area contributed by atoms with Crippen LogP contribution in [0.25, 0.3) is 21.9 Å². The van der Waals surface area contributed by atoms with Gasteiger partial charge in [-0.2, -0.15) is 0 Å². The summed E-state index contributed by atoms with van der Waals surface area (Å²) in [6.07, 6.45) is 7.48. The average molecular weight is 428 g/mol. The molecular weight excluding hydrogens is 398 g/mol. The predicted molar refractivity (Wildman–Crippen MR) is 137 cm³/mol. The van der Waals surface area contributed by atoms with Crippen LogP contribution in [0, 0.1) is 23.2 Å². The maximum absolute atomic E-state index is 3.62. The van der Waals surface area contributed by atoms with Crippen molar-refractivity contribution in [3.63, 3.8) is 0 Å². The molecule has 0 unspecified atom stereocenters. The summed E-state index contributed by atoms with van der Waals surface area (Å²) in [6, 6.07) is 33.5. The average Bonchev–Trinajstić information content (AvgIpc) is 3.34. The minimum Gasteiger partial charge on any atom is -0.356 e. The summed E-state index contributed by atoms with van der Waals surface area (Å²) in [5.74, 6) is 3.19. The van der Waals surface area contributed by atoms with Gasteiger partial charge < -0.3 is 5.32 Å². The summed E-state index contributed by atoms with van der Waals surface area (Å²) in [7, 11) is 0. The van der Waals surface area contributed by atoms with Crippen LogP contribution < -0.4 is 5.32 Å². The highest BCUT2D eigenvalue weighted by Gasteiger charge is 2.77. The summed E-state index contributed by atoms with van der Waals surface area (Å²) in [5.41, 5.74) is 7.78. The van der Waals surface area contributed by atoms with Crippen LogP contribution in [0.1, 0.15) is 37.7 Å². The molecule has 2 bridgehead atoms. The van der Waals surface area contributed by atoms with E-state index in [0.717, 1.165) is 28.9 Å². The van der Waals surface area contributed by atoms with E-state index in [-0.39, 0.29) is 0 Å². The monoisotopic (exact) mass is 427 g/mol. The molecule has 0 saturated heterocycles. The molecule has 4 saturated carbocycles. The molecule has 1 nitrogen and oxygen atoms in total. The maximum Gasteiger partial charge on any atom is 0.0384 e. The Morgan fingerprint density at radius 3 is 2.00 bits per heavy atom. The first-order chi connectivity index (χ1) is 16.2. The van der Waals surface area contributed by atoms with E-state index >= 15 is 0 Å². The number of hydrogen-bond acceptors (Lipinski definition) is 1. The van der Waals surface area contributed by atoms with Crippen molar-refractivity contribution in [3.05, 3.63) is 96.6 Å². The van der Waals surface area contributed by atoms with E-state index < -0.39 is 0 Å². The first-order valence-electron chi connectivity index (χ1n) is 12.7. The lowest BCUT2D eigenvalue weighted by molar-refractivity contribution is -0.175. The Kier molecular flexibility index (Phi) is 3.50. The Balaban J connectivity index is 1.03. The number of nitrogens with one attached hydrogen (secondary N) is 1. The van der Waals surface area contributed by atoms with Gasteiger partial charge in [-0.25, -0.2) is 0 Å². The Morgan fingerprint density at radius 1 is 0.636 bits per heavy atom. The Hall–Kier alpha value is -3.06. The third-order valence-electron chi connectivity index (χ3n) is 10.1. The van der Waals surface area contributed by atoms with Gasteiger partial charge in [-0.15, -0.1) is 0 Å². The van der Waals surface area contributed by atoms with Gasteiger partial charge in [0.1, 0.15) is 0 Å². The highest BCUT2D eigenvalue weighted by atomic mass is 14.9. The van der Waals surface area contributed by atoms with Gasteiger partial charge in [0.2, 0.25) is 0 Å². The lowest BCUT2D eigenvalue weighted by Gasteiger charge is -2.66. The Morgan fingerprint density at radius 2 is 1.30 bits per heavy atom. The molecule has 4 fully saturated rings. The van der Waals surface area contributed by atoms with E-state index in [0.29, 0.717) is 5.41 Å². The summed E-state index contributed by atoms with van der Waals surface area (Å²) in [6.45, 7) is 0. The molecule has 0 aliphatic heterocycles. The smallest absolute Gasteiger partial charge is 0.0384 e. The molecule has 4 aliphatic rings. The summed E-state index contributed by atoms with van der Waals surface area (Å²) >= 11 is 0. The molecule has 1 spiro atoms. The third kappa shape index (κ3) is 2.38. The standard InChI is InChI=1S/C32H29N/c1-2-6-29-21(4-1)5-3-7-30(29)22-8-12-27(13-9-22)33-28-14-10-23(11-15-28)31-18-25-16-24-17-26(19-31)32(24,25)20-31/h1-15,24-26,33H,16-20H2/t24?,25-,26-,31?,32?/m0/s1. The number of benzene rings is 4. The van der Waals surface area contributed by atoms with Crippen molar-refractivity contribution < 1.29 is 0 Å². The van der Waals surface area contributed by atoms with Crippen molar-refractivity contribution in [3.8, 4) is 11.1 Å². The van der Waals surface area contributed by atoms with E-state index in [1.165, 1.54) is 59.7 Å². The van der Waals surface area contributed by atoms with Gasteiger partial charge in [-0.3, -0.25) is 0 Å². The lowest BCUT2D eigenvalue weighted by Crippen LogP contribution is -2.59. The van der Waals surface area contributed by atoms with Crippen molar-refractivity contribution in [2.24, 2.45) is 23.2 Å². The number of hydrogen-bond donors (Lipinski definition) is 1. The van der Waals surface area contributed by atoms with Gasteiger partial charge in [0, 0.05) is 11.4 Å². The zero-order valence-electron chi connectivity index (χ0n) is 18.9. The molecule has 0 amide bonds. The van der Waals surface area contributed by atoms with E-state index in [2.05, 4.69) is 96.3 Å². The summed E-state index contributed by atoms with van der Waals surface area (Å²) in [4.78, 5) is 0. The van der Waals surface area contributed by atoms with Crippen LogP contribution >= 0.6 is 0 Å². The SMILES string of the molecule is c1ccc2c(-c3ccc(Nc4ccc(C56C[C@@H]7CC8C[C@@H](C5)C87C6)cc4)cc3)cccc2c1. The normalized spacial score (nSPS) is 32.8. The first-order valence-corrected chi connectivity index (χ1v) is 12.7. The highest BCUT2D eigenvalue weighted by molar-refractivity contribution is 5.96.